The average molecular weight is 315 g/mol. The summed E-state index contributed by atoms with van der Waals surface area (Å²) in [5.41, 5.74) is 2.39. The van der Waals surface area contributed by atoms with Crippen LogP contribution in [0.5, 0.6) is 0 Å². The first kappa shape index (κ1) is 15.6. The lowest BCUT2D eigenvalue weighted by Crippen LogP contribution is -2.41. The fourth-order valence-electron chi connectivity index (χ4n) is 2.50. The van der Waals surface area contributed by atoms with Gasteiger partial charge in [0.1, 0.15) is 0 Å². The molecule has 1 aliphatic heterocycles. The van der Waals surface area contributed by atoms with E-state index in [1.54, 1.807) is 0 Å². The minimum Gasteiger partial charge on any atom is -0.399 e. The van der Waals surface area contributed by atoms with E-state index >= 15 is 0 Å². The van der Waals surface area contributed by atoms with Crippen LogP contribution in [0, 0.1) is 0 Å². The molecule has 0 radical (unpaired) electrons. The van der Waals surface area contributed by atoms with Crippen molar-refractivity contribution in [3.8, 4) is 11.1 Å². The summed E-state index contributed by atoms with van der Waals surface area (Å²) >= 11 is 6.39. The Morgan fingerprint density at radius 2 is 1.41 bits per heavy atom. The molecule has 2 aromatic carbocycles. The van der Waals surface area contributed by atoms with Crippen LogP contribution >= 0.6 is 11.6 Å². The minimum absolute atomic E-state index is 0.371. The maximum Gasteiger partial charge on any atom is 0.496 e. The highest BCUT2D eigenvalue weighted by Gasteiger charge is 2.52. The molecule has 0 aromatic heterocycles. The van der Waals surface area contributed by atoms with Crippen molar-refractivity contribution in [1.82, 2.24) is 0 Å². The van der Waals surface area contributed by atoms with Gasteiger partial charge in [0.15, 0.2) is 0 Å². The van der Waals surface area contributed by atoms with Crippen LogP contribution in [0.2, 0.25) is 5.02 Å². The zero-order chi connectivity index (χ0) is 16.0. The van der Waals surface area contributed by atoms with Gasteiger partial charge in [0.2, 0.25) is 0 Å². The predicted molar refractivity (Wildman–Crippen MR) is 92.6 cm³/mol. The van der Waals surface area contributed by atoms with Gasteiger partial charge in [-0.05, 0) is 44.9 Å². The molecule has 0 aliphatic carbocycles. The van der Waals surface area contributed by atoms with Gasteiger partial charge < -0.3 is 9.31 Å². The van der Waals surface area contributed by atoms with Crippen molar-refractivity contribution >= 4 is 24.2 Å². The van der Waals surface area contributed by atoms with Crippen LogP contribution in [-0.4, -0.2) is 18.3 Å². The Labute approximate surface area is 137 Å². The van der Waals surface area contributed by atoms with Crippen LogP contribution in [0.25, 0.3) is 11.1 Å². The molecule has 0 bridgehead atoms. The Morgan fingerprint density at radius 3 is 2.00 bits per heavy atom. The number of halogens is 1. The molecule has 3 rings (SSSR count). The maximum atomic E-state index is 6.39. The van der Waals surface area contributed by atoms with Crippen LogP contribution in [0.15, 0.2) is 48.5 Å². The van der Waals surface area contributed by atoms with E-state index in [1.807, 2.05) is 58.0 Å². The standard InChI is InChI=1S/C18H20BClO2/c1-17(2)18(3,4)22-19(21-17)15-12-14(10-11-16(15)20)13-8-6-5-7-9-13/h5-12H,1-4H3. The lowest BCUT2D eigenvalue weighted by Gasteiger charge is -2.32. The van der Waals surface area contributed by atoms with Gasteiger partial charge in [-0.15, -0.1) is 0 Å². The van der Waals surface area contributed by atoms with E-state index in [0.717, 1.165) is 16.6 Å². The molecule has 22 heavy (non-hydrogen) atoms. The third-order valence-corrected chi connectivity index (χ3v) is 4.95. The highest BCUT2D eigenvalue weighted by atomic mass is 35.5. The smallest absolute Gasteiger partial charge is 0.399 e. The summed E-state index contributed by atoms with van der Waals surface area (Å²) < 4.78 is 12.2. The fraction of sp³-hybridized carbons (Fsp3) is 0.333. The molecule has 0 spiro atoms. The van der Waals surface area contributed by atoms with Crippen LogP contribution in [0.4, 0.5) is 0 Å². The van der Waals surface area contributed by atoms with Crippen LogP contribution in [0.1, 0.15) is 27.7 Å². The Kier molecular flexibility index (Phi) is 3.84. The Balaban J connectivity index is 1.99. The highest BCUT2D eigenvalue weighted by Crippen LogP contribution is 2.37. The SMILES string of the molecule is CC1(C)OB(c2cc(-c3ccccc3)ccc2Cl)OC1(C)C. The summed E-state index contributed by atoms with van der Waals surface area (Å²) in [5, 5.41) is 0.665. The van der Waals surface area contributed by atoms with Gasteiger partial charge in [0.05, 0.1) is 11.2 Å². The van der Waals surface area contributed by atoms with Gasteiger partial charge >= 0.3 is 7.12 Å². The van der Waals surface area contributed by atoms with Crippen LogP contribution in [-0.2, 0) is 9.31 Å². The van der Waals surface area contributed by atoms with Crippen molar-refractivity contribution in [1.29, 1.82) is 0 Å². The first-order valence-electron chi connectivity index (χ1n) is 7.51. The van der Waals surface area contributed by atoms with Crippen molar-refractivity contribution in [2.75, 3.05) is 0 Å². The first-order chi connectivity index (χ1) is 10.3. The topological polar surface area (TPSA) is 18.5 Å². The van der Waals surface area contributed by atoms with Crippen molar-refractivity contribution in [2.45, 2.75) is 38.9 Å². The third kappa shape index (κ3) is 2.69. The monoisotopic (exact) mass is 314 g/mol. The summed E-state index contributed by atoms with van der Waals surface area (Å²) in [7, 11) is -0.443. The number of rotatable bonds is 2. The second-order valence-corrected chi connectivity index (χ2v) is 7.10. The molecule has 0 amide bonds. The van der Waals surface area contributed by atoms with Gasteiger partial charge in [-0.3, -0.25) is 0 Å². The summed E-state index contributed by atoms with van der Waals surface area (Å²) in [6.45, 7) is 8.17. The molecule has 0 atom stereocenters. The van der Waals surface area contributed by atoms with E-state index in [4.69, 9.17) is 20.9 Å². The van der Waals surface area contributed by atoms with Crippen LogP contribution in [0.3, 0.4) is 0 Å². The minimum atomic E-state index is -0.443. The average Bonchev–Trinajstić information content (AvgIpc) is 2.69. The summed E-state index contributed by atoms with van der Waals surface area (Å²) in [4.78, 5) is 0. The van der Waals surface area contributed by atoms with E-state index < -0.39 is 7.12 Å². The fourth-order valence-corrected chi connectivity index (χ4v) is 2.71. The molecule has 0 unspecified atom stereocenters. The maximum absolute atomic E-state index is 6.39. The molecule has 114 valence electrons. The Hall–Kier alpha value is -1.29. The molecule has 1 saturated heterocycles. The van der Waals surface area contributed by atoms with E-state index in [9.17, 15) is 0 Å². The molecule has 2 nitrogen and oxygen atoms in total. The van der Waals surface area contributed by atoms with Gasteiger partial charge in [0, 0.05) is 10.5 Å². The third-order valence-electron chi connectivity index (χ3n) is 4.61. The van der Waals surface area contributed by atoms with Crippen molar-refractivity contribution in [3.05, 3.63) is 53.6 Å². The van der Waals surface area contributed by atoms with Crippen LogP contribution < -0.4 is 5.46 Å². The van der Waals surface area contributed by atoms with E-state index in [0.29, 0.717) is 5.02 Å². The summed E-state index contributed by atoms with van der Waals surface area (Å²) in [5.74, 6) is 0. The van der Waals surface area contributed by atoms with Gasteiger partial charge in [-0.2, -0.15) is 0 Å². The zero-order valence-electron chi connectivity index (χ0n) is 13.4. The van der Waals surface area contributed by atoms with E-state index in [1.165, 1.54) is 0 Å². The van der Waals surface area contributed by atoms with Crippen molar-refractivity contribution in [3.63, 3.8) is 0 Å². The van der Waals surface area contributed by atoms with Gasteiger partial charge in [-0.25, -0.2) is 0 Å². The van der Waals surface area contributed by atoms with E-state index in [2.05, 4.69) is 18.2 Å². The molecule has 1 fully saturated rings. The van der Waals surface area contributed by atoms with Crippen molar-refractivity contribution in [2.24, 2.45) is 0 Å². The molecular formula is C18H20BClO2. The first-order valence-corrected chi connectivity index (χ1v) is 7.88. The largest absolute Gasteiger partial charge is 0.496 e. The Morgan fingerprint density at radius 1 is 0.818 bits per heavy atom. The molecule has 0 N–H and O–H groups in total. The quantitative estimate of drug-likeness (QED) is 0.769. The van der Waals surface area contributed by atoms with Gasteiger partial charge in [0.25, 0.3) is 0 Å². The van der Waals surface area contributed by atoms with Crippen molar-refractivity contribution < 1.29 is 9.31 Å². The second kappa shape index (κ2) is 5.41. The molecular weight excluding hydrogens is 294 g/mol. The Bertz CT molecular complexity index is 667. The molecule has 4 heteroatoms. The zero-order valence-corrected chi connectivity index (χ0v) is 14.1. The molecule has 2 aromatic rings. The number of benzene rings is 2. The van der Waals surface area contributed by atoms with E-state index in [-0.39, 0.29) is 11.2 Å². The molecule has 0 saturated carbocycles. The second-order valence-electron chi connectivity index (χ2n) is 6.69. The lowest BCUT2D eigenvalue weighted by molar-refractivity contribution is 0.00578. The summed E-state index contributed by atoms with van der Waals surface area (Å²) in [6.07, 6.45) is 0. The summed E-state index contributed by atoms with van der Waals surface area (Å²) in [6, 6.07) is 16.2. The van der Waals surface area contributed by atoms with Gasteiger partial charge in [-0.1, -0.05) is 54.1 Å². The number of hydrogen-bond acceptors (Lipinski definition) is 2. The highest BCUT2D eigenvalue weighted by molar-refractivity contribution is 6.65. The molecule has 1 heterocycles. The number of hydrogen-bond donors (Lipinski definition) is 0. The lowest BCUT2D eigenvalue weighted by atomic mass is 9.78. The predicted octanol–water partition coefficient (Wildman–Crippen LogP) is 4.31. The molecule has 1 aliphatic rings. The normalized spacial score (nSPS) is 19.4.